The first-order chi connectivity index (χ1) is 12.5. The zero-order valence-corrected chi connectivity index (χ0v) is 14.9. The molecule has 2 aromatic carbocycles. The first-order valence-electron chi connectivity index (χ1n) is 7.93. The molecule has 3 rings (SSSR count). The average molecular weight is 369 g/mol. The van der Waals surface area contributed by atoms with Crippen molar-refractivity contribution >= 4 is 34.7 Å². The van der Waals surface area contributed by atoms with Gasteiger partial charge in [0.15, 0.2) is 0 Å². The number of carbonyl (C=O) groups excluding carboxylic acids is 2. The van der Waals surface area contributed by atoms with Gasteiger partial charge >= 0.3 is 0 Å². The maximum absolute atomic E-state index is 12.8. The molecule has 1 aliphatic rings. The lowest BCUT2D eigenvalue weighted by Gasteiger charge is -2.12. The lowest BCUT2D eigenvalue weighted by molar-refractivity contribution is -0.136. The van der Waals surface area contributed by atoms with E-state index in [1.165, 1.54) is 6.08 Å². The third-order valence-electron chi connectivity index (χ3n) is 3.97. The monoisotopic (exact) mass is 368 g/mol. The highest BCUT2D eigenvalue weighted by Crippen LogP contribution is 2.31. The molecule has 1 N–H and O–H groups in total. The topological polar surface area (TPSA) is 58.6 Å². The second-order valence-electron chi connectivity index (χ2n) is 5.62. The molecule has 0 fully saturated rings. The van der Waals surface area contributed by atoms with Crippen LogP contribution in [0, 0.1) is 0 Å². The second kappa shape index (κ2) is 7.45. The zero-order chi connectivity index (χ0) is 18.7. The van der Waals surface area contributed by atoms with Crippen molar-refractivity contribution in [3.63, 3.8) is 0 Å². The molecule has 0 spiro atoms. The molecule has 0 unspecified atom stereocenters. The summed E-state index contributed by atoms with van der Waals surface area (Å²) in [7, 11) is 1.58. The summed E-state index contributed by atoms with van der Waals surface area (Å²) in [5.74, 6) is -0.0616. The van der Waals surface area contributed by atoms with Gasteiger partial charge in [0.25, 0.3) is 11.8 Å². The number of anilines is 1. The number of imide groups is 1. The maximum atomic E-state index is 12.8. The summed E-state index contributed by atoms with van der Waals surface area (Å²) < 4.78 is 5.14. The van der Waals surface area contributed by atoms with E-state index in [-0.39, 0.29) is 18.1 Å². The lowest BCUT2D eigenvalue weighted by atomic mass is 10.0. The Balaban J connectivity index is 2.03. The lowest BCUT2D eigenvalue weighted by Crippen LogP contribution is -2.32. The molecule has 0 bridgehead atoms. The number of methoxy groups -OCH3 is 1. The van der Waals surface area contributed by atoms with E-state index in [4.69, 9.17) is 16.3 Å². The van der Waals surface area contributed by atoms with Gasteiger partial charge in [0, 0.05) is 17.3 Å². The van der Waals surface area contributed by atoms with Crippen molar-refractivity contribution in [2.24, 2.45) is 0 Å². The Morgan fingerprint density at radius 1 is 1.08 bits per heavy atom. The van der Waals surface area contributed by atoms with Crippen molar-refractivity contribution in [3.05, 3.63) is 77.5 Å². The van der Waals surface area contributed by atoms with E-state index in [9.17, 15) is 9.59 Å². The zero-order valence-electron chi connectivity index (χ0n) is 14.2. The molecule has 0 aliphatic carbocycles. The van der Waals surface area contributed by atoms with Crippen LogP contribution in [0.3, 0.4) is 0 Å². The van der Waals surface area contributed by atoms with Gasteiger partial charge in [-0.2, -0.15) is 0 Å². The average Bonchev–Trinajstić information content (AvgIpc) is 2.88. The van der Waals surface area contributed by atoms with Gasteiger partial charge in [-0.05, 0) is 42.0 Å². The molecule has 0 saturated carbocycles. The number of halogens is 1. The van der Waals surface area contributed by atoms with Crippen LogP contribution in [0.1, 0.15) is 5.56 Å². The number of hydrogen-bond donors (Lipinski definition) is 1. The van der Waals surface area contributed by atoms with Gasteiger partial charge in [-0.3, -0.25) is 14.5 Å². The molecule has 0 radical (unpaired) electrons. The van der Waals surface area contributed by atoms with Crippen molar-refractivity contribution < 1.29 is 14.3 Å². The number of amides is 2. The Bertz CT molecular complexity index is 886. The first kappa shape index (κ1) is 17.8. The highest BCUT2D eigenvalue weighted by atomic mass is 35.5. The van der Waals surface area contributed by atoms with Crippen molar-refractivity contribution in [3.8, 4) is 5.75 Å². The van der Waals surface area contributed by atoms with Gasteiger partial charge in [0.05, 0.1) is 12.7 Å². The number of ether oxygens (including phenoxy) is 1. The summed E-state index contributed by atoms with van der Waals surface area (Å²) >= 11 is 5.94. The fourth-order valence-corrected chi connectivity index (χ4v) is 2.82. The van der Waals surface area contributed by atoms with Crippen LogP contribution in [0.25, 0.3) is 5.57 Å². The number of benzene rings is 2. The van der Waals surface area contributed by atoms with Gasteiger partial charge in [-0.1, -0.05) is 29.8 Å². The Labute approximate surface area is 156 Å². The Hall–Kier alpha value is -3.05. The standard InChI is InChI=1S/C20H17ClN2O3/c1-3-12-23-19(24)17(13-4-6-14(21)7-5-13)18(20(23)25)22-15-8-10-16(26-2)11-9-15/h3-11,22H,1,12H2,2H3. The van der Waals surface area contributed by atoms with Gasteiger partial charge in [-0.15, -0.1) is 6.58 Å². The SMILES string of the molecule is C=CCN1C(=O)C(Nc2ccc(OC)cc2)=C(c2ccc(Cl)cc2)C1=O. The van der Waals surface area contributed by atoms with E-state index in [0.717, 1.165) is 4.90 Å². The first-order valence-corrected chi connectivity index (χ1v) is 8.31. The fourth-order valence-electron chi connectivity index (χ4n) is 2.69. The van der Waals surface area contributed by atoms with Crippen LogP contribution in [0.2, 0.25) is 5.02 Å². The molecular weight excluding hydrogens is 352 g/mol. The summed E-state index contributed by atoms with van der Waals surface area (Å²) in [6.07, 6.45) is 1.52. The summed E-state index contributed by atoms with van der Waals surface area (Å²) in [5.41, 5.74) is 1.83. The van der Waals surface area contributed by atoms with Gasteiger partial charge < -0.3 is 10.1 Å². The van der Waals surface area contributed by atoms with Crippen LogP contribution in [0.5, 0.6) is 5.75 Å². The predicted molar refractivity (Wildman–Crippen MR) is 102 cm³/mol. The van der Waals surface area contributed by atoms with Gasteiger partial charge in [-0.25, -0.2) is 0 Å². The predicted octanol–water partition coefficient (Wildman–Crippen LogP) is 3.73. The molecular formula is C20H17ClN2O3. The maximum Gasteiger partial charge on any atom is 0.278 e. The van der Waals surface area contributed by atoms with E-state index in [0.29, 0.717) is 27.6 Å². The summed E-state index contributed by atoms with van der Waals surface area (Å²) in [6, 6.07) is 13.9. The number of hydrogen-bond acceptors (Lipinski definition) is 4. The van der Waals surface area contributed by atoms with Gasteiger partial charge in [0.2, 0.25) is 0 Å². The molecule has 2 amide bonds. The molecule has 132 valence electrons. The van der Waals surface area contributed by atoms with Crippen LogP contribution in [-0.2, 0) is 9.59 Å². The Morgan fingerprint density at radius 2 is 1.73 bits per heavy atom. The van der Waals surface area contributed by atoms with Crippen LogP contribution < -0.4 is 10.1 Å². The van der Waals surface area contributed by atoms with E-state index in [1.54, 1.807) is 55.6 Å². The van der Waals surface area contributed by atoms with Crippen molar-refractivity contribution in [2.45, 2.75) is 0 Å². The van der Waals surface area contributed by atoms with Crippen LogP contribution in [-0.4, -0.2) is 30.4 Å². The smallest absolute Gasteiger partial charge is 0.278 e. The number of carbonyl (C=O) groups is 2. The third-order valence-corrected chi connectivity index (χ3v) is 4.22. The van der Waals surface area contributed by atoms with Crippen molar-refractivity contribution in [1.82, 2.24) is 4.90 Å². The largest absolute Gasteiger partial charge is 0.497 e. The van der Waals surface area contributed by atoms with E-state index < -0.39 is 5.91 Å². The van der Waals surface area contributed by atoms with Crippen molar-refractivity contribution in [2.75, 3.05) is 19.0 Å². The molecule has 0 atom stereocenters. The van der Waals surface area contributed by atoms with Gasteiger partial charge in [0.1, 0.15) is 11.4 Å². The minimum atomic E-state index is -0.393. The van der Waals surface area contributed by atoms with E-state index >= 15 is 0 Å². The molecule has 0 aromatic heterocycles. The molecule has 1 aliphatic heterocycles. The Kier molecular flexibility index (Phi) is 5.09. The fraction of sp³-hybridized carbons (Fsp3) is 0.100. The second-order valence-corrected chi connectivity index (χ2v) is 6.06. The highest BCUT2D eigenvalue weighted by Gasteiger charge is 2.38. The summed E-state index contributed by atoms with van der Waals surface area (Å²) in [4.78, 5) is 26.7. The molecule has 0 saturated heterocycles. The Morgan fingerprint density at radius 3 is 2.31 bits per heavy atom. The molecule has 6 heteroatoms. The van der Waals surface area contributed by atoms with Crippen molar-refractivity contribution in [1.29, 1.82) is 0 Å². The third kappa shape index (κ3) is 3.34. The minimum absolute atomic E-state index is 0.141. The summed E-state index contributed by atoms with van der Waals surface area (Å²) in [5, 5.41) is 3.62. The van der Waals surface area contributed by atoms with Crippen LogP contribution in [0.4, 0.5) is 5.69 Å². The summed E-state index contributed by atoms with van der Waals surface area (Å²) in [6.45, 7) is 3.76. The van der Waals surface area contributed by atoms with E-state index in [1.807, 2.05) is 0 Å². The quantitative estimate of drug-likeness (QED) is 0.623. The number of nitrogens with zero attached hydrogens (tertiary/aromatic N) is 1. The highest BCUT2D eigenvalue weighted by molar-refractivity contribution is 6.37. The molecule has 1 heterocycles. The van der Waals surface area contributed by atoms with Crippen LogP contribution >= 0.6 is 11.6 Å². The number of nitrogens with one attached hydrogen (secondary N) is 1. The van der Waals surface area contributed by atoms with Crippen LogP contribution in [0.15, 0.2) is 66.9 Å². The van der Waals surface area contributed by atoms with E-state index in [2.05, 4.69) is 11.9 Å². The normalized spacial score (nSPS) is 14.0. The number of rotatable bonds is 6. The minimum Gasteiger partial charge on any atom is -0.497 e. The molecule has 5 nitrogen and oxygen atoms in total. The molecule has 2 aromatic rings. The molecule has 26 heavy (non-hydrogen) atoms.